The molecule has 0 atom stereocenters. The molecule has 106 valence electrons. The highest BCUT2D eigenvalue weighted by molar-refractivity contribution is 5.89. The van der Waals surface area contributed by atoms with Gasteiger partial charge in [-0.1, -0.05) is 0 Å². The fourth-order valence-corrected chi connectivity index (χ4v) is 1.95. The number of nitrogens with one attached hydrogen (secondary N) is 1. The van der Waals surface area contributed by atoms with Crippen molar-refractivity contribution in [1.82, 2.24) is 15.3 Å². The SMILES string of the molecule is CCOC(=O)C#Cc1cc(N2CCNCC2)nc(C)n1. The van der Waals surface area contributed by atoms with Gasteiger partial charge < -0.3 is 15.0 Å². The lowest BCUT2D eigenvalue weighted by Crippen LogP contribution is -2.44. The van der Waals surface area contributed by atoms with Crippen LogP contribution in [0.3, 0.4) is 0 Å². The van der Waals surface area contributed by atoms with E-state index in [1.807, 2.05) is 13.0 Å². The second-order valence-electron chi connectivity index (χ2n) is 4.37. The van der Waals surface area contributed by atoms with Crippen LogP contribution in [-0.2, 0) is 9.53 Å². The minimum atomic E-state index is -0.535. The molecule has 1 aliphatic heterocycles. The van der Waals surface area contributed by atoms with Crippen LogP contribution >= 0.6 is 0 Å². The van der Waals surface area contributed by atoms with Crippen molar-refractivity contribution >= 4 is 11.8 Å². The van der Waals surface area contributed by atoms with Crippen molar-refractivity contribution in [1.29, 1.82) is 0 Å². The molecule has 1 aromatic rings. The van der Waals surface area contributed by atoms with Crippen molar-refractivity contribution in [2.45, 2.75) is 13.8 Å². The van der Waals surface area contributed by atoms with E-state index in [0.29, 0.717) is 18.1 Å². The van der Waals surface area contributed by atoms with Gasteiger partial charge in [-0.2, -0.15) is 0 Å². The number of hydrogen-bond donors (Lipinski definition) is 1. The van der Waals surface area contributed by atoms with Crippen molar-refractivity contribution in [3.05, 3.63) is 17.6 Å². The molecule has 0 aromatic carbocycles. The van der Waals surface area contributed by atoms with Gasteiger partial charge in [0.25, 0.3) is 0 Å². The Morgan fingerprint density at radius 1 is 1.45 bits per heavy atom. The molecule has 2 rings (SSSR count). The normalized spacial score (nSPS) is 14.4. The van der Waals surface area contributed by atoms with E-state index in [9.17, 15) is 4.79 Å². The van der Waals surface area contributed by atoms with Crippen LogP contribution in [0.15, 0.2) is 6.07 Å². The summed E-state index contributed by atoms with van der Waals surface area (Å²) in [5.74, 6) is 6.12. The Morgan fingerprint density at radius 3 is 2.90 bits per heavy atom. The maximum atomic E-state index is 11.2. The quantitative estimate of drug-likeness (QED) is 0.610. The molecule has 6 heteroatoms. The third-order valence-electron chi connectivity index (χ3n) is 2.83. The Labute approximate surface area is 118 Å². The first-order valence-corrected chi connectivity index (χ1v) is 6.69. The standard InChI is InChI=1S/C14H18N4O2/c1-3-20-14(19)5-4-12-10-13(17-11(2)16-12)18-8-6-15-7-9-18/h10,15H,3,6-9H2,1-2H3. The van der Waals surface area contributed by atoms with Gasteiger partial charge in [-0.15, -0.1) is 0 Å². The van der Waals surface area contributed by atoms with Gasteiger partial charge in [0.05, 0.1) is 6.61 Å². The highest BCUT2D eigenvalue weighted by Gasteiger charge is 2.12. The fourth-order valence-electron chi connectivity index (χ4n) is 1.95. The maximum Gasteiger partial charge on any atom is 0.384 e. The zero-order valence-corrected chi connectivity index (χ0v) is 11.8. The minimum absolute atomic E-state index is 0.322. The van der Waals surface area contributed by atoms with Crippen LogP contribution in [-0.4, -0.2) is 48.7 Å². The van der Waals surface area contributed by atoms with Crippen molar-refractivity contribution in [3.63, 3.8) is 0 Å². The molecule has 1 saturated heterocycles. The third kappa shape index (κ3) is 3.93. The second kappa shape index (κ2) is 6.87. The predicted molar refractivity (Wildman–Crippen MR) is 75.4 cm³/mol. The van der Waals surface area contributed by atoms with Gasteiger partial charge in [0, 0.05) is 38.2 Å². The lowest BCUT2D eigenvalue weighted by molar-refractivity contribution is -0.136. The summed E-state index contributed by atoms with van der Waals surface area (Å²) in [4.78, 5) is 22.1. The third-order valence-corrected chi connectivity index (χ3v) is 2.83. The highest BCUT2D eigenvalue weighted by atomic mass is 16.5. The molecule has 0 amide bonds. The molecule has 0 radical (unpaired) electrons. The summed E-state index contributed by atoms with van der Waals surface area (Å²) in [6.07, 6.45) is 0. The summed E-state index contributed by atoms with van der Waals surface area (Å²) in [5, 5.41) is 3.29. The largest absolute Gasteiger partial charge is 0.456 e. The Bertz CT molecular complexity index is 542. The van der Waals surface area contributed by atoms with Gasteiger partial charge in [0.1, 0.15) is 17.3 Å². The van der Waals surface area contributed by atoms with E-state index in [1.54, 1.807) is 6.92 Å². The van der Waals surface area contributed by atoms with Crippen LogP contribution in [0.2, 0.25) is 0 Å². The summed E-state index contributed by atoms with van der Waals surface area (Å²) in [7, 11) is 0. The molecule has 0 aliphatic carbocycles. The van der Waals surface area contributed by atoms with E-state index < -0.39 is 5.97 Å². The number of hydrogen-bond acceptors (Lipinski definition) is 6. The molecule has 1 aliphatic rings. The highest BCUT2D eigenvalue weighted by Crippen LogP contribution is 2.12. The molecule has 1 N–H and O–H groups in total. The fraction of sp³-hybridized carbons (Fsp3) is 0.500. The number of aromatic nitrogens is 2. The van der Waals surface area contributed by atoms with E-state index in [2.05, 4.69) is 32.0 Å². The van der Waals surface area contributed by atoms with Gasteiger partial charge in [-0.25, -0.2) is 14.8 Å². The number of rotatable bonds is 2. The first-order chi connectivity index (χ1) is 9.69. The van der Waals surface area contributed by atoms with E-state index in [1.165, 1.54) is 0 Å². The number of carbonyl (C=O) groups is 1. The van der Waals surface area contributed by atoms with Crippen LogP contribution in [0.5, 0.6) is 0 Å². The molecular formula is C14H18N4O2. The molecular weight excluding hydrogens is 256 g/mol. The van der Waals surface area contributed by atoms with E-state index >= 15 is 0 Å². The van der Waals surface area contributed by atoms with Crippen molar-refractivity contribution in [3.8, 4) is 11.8 Å². The van der Waals surface area contributed by atoms with E-state index in [4.69, 9.17) is 4.74 Å². The molecule has 0 bridgehead atoms. The first-order valence-electron chi connectivity index (χ1n) is 6.69. The summed E-state index contributed by atoms with van der Waals surface area (Å²) in [5.41, 5.74) is 0.541. The number of anilines is 1. The molecule has 0 spiro atoms. The first kappa shape index (κ1) is 14.3. The minimum Gasteiger partial charge on any atom is -0.456 e. The Hall–Kier alpha value is -2.13. The molecule has 0 saturated carbocycles. The number of esters is 1. The number of ether oxygens (including phenoxy) is 1. The van der Waals surface area contributed by atoms with Gasteiger partial charge >= 0.3 is 5.97 Å². The topological polar surface area (TPSA) is 67.3 Å². The van der Waals surface area contributed by atoms with Gasteiger partial charge in [-0.05, 0) is 19.8 Å². The maximum absolute atomic E-state index is 11.2. The van der Waals surface area contributed by atoms with E-state index in [0.717, 1.165) is 32.0 Å². The number of carbonyl (C=O) groups excluding carboxylic acids is 1. The van der Waals surface area contributed by atoms with Crippen molar-refractivity contribution in [2.75, 3.05) is 37.7 Å². The smallest absolute Gasteiger partial charge is 0.384 e. The van der Waals surface area contributed by atoms with Crippen LogP contribution in [0.25, 0.3) is 0 Å². The van der Waals surface area contributed by atoms with Crippen LogP contribution < -0.4 is 10.2 Å². The number of aryl methyl sites for hydroxylation is 1. The zero-order chi connectivity index (χ0) is 14.4. The molecule has 1 aromatic heterocycles. The average molecular weight is 274 g/mol. The van der Waals surface area contributed by atoms with Crippen LogP contribution in [0.4, 0.5) is 5.82 Å². The second-order valence-corrected chi connectivity index (χ2v) is 4.37. The number of nitrogens with zero attached hydrogens (tertiary/aromatic N) is 3. The summed E-state index contributed by atoms with van der Waals surface area (Å²) in [6.45, 7) is 7.57. The van der Waals surface area contributed by atoms with Crippen molar-refractivity contribution in [2.24, 2.45) is 0 Å². The summed E-state index contributed by atoms with van der Waals surface area (Å²) >= 11 is 0. The van der Waals surface area contributed by atoms with Gasteiger partial charge in [0.15, 0.2) is 0 Å². The Morgan fingerprint density at radius 2 is 2.20 bits per heavy atom. The van der Waals surface area contributed by atoms with Crippen molar-refractivity contribution < 1.29 is 9.53 Å². The Balaban J connectivity index is 2.17. The molecule has 2 heterocycles. The molecule has 20 heavy (non-hydrogen) atoms. The lowest BCUT2D eigenvalue weighted by atomic mass is 10.3. The zero-order valence-electron chi connectivity index (χ0n) is 11.8. The lowest BCUT2D eigenvalue weighted by Gasteiger charge is -2.28. The molecule has 0 unspecified atom stereocenters. The predicted octanol–water partition coefficient (Wildman–Crippen LogP) is 0.109. The molecule has 1 fully saturated rings. The Kier molecular flexibility index (Phi) is 4.91. The monoisotopic (exact) mass is 274 g/mol. The van der Waals surface area contributed by atoms with Crippen LogP contribution in [0.1, 0.15) is 18.4 Å². The summed E-state index contributed by atoms with van der Waals surface area (Å²) in [6, 6.07) is 1.81. The van der Waals surface area contributed by atoms with Gasteiger partial charge in [-0.3, -0.25) is 0 Å². The number of piperazine rings is 1. The van der Waals surface area contributed by atoms with Crippen LogP contribution in [0, 0.1) is 18.8 Å². The summed E-state index contributed by atoms with van der Waals surface area (Å²) < 4.78 is 4.77. The average Bonchev–Trinajstić information content (AvgIpc) is 2.46. The van der Waals surface area contributed by atoms with E-state index in [-0.39, 0.29) is 0 Å². The molecule has 6 nitrogen and oxygen atoms in total. The van der Waals surface area contributed by atoms with Gasteiger partial charge in [0.2, 0.25) is 0 Å².